The standard InChI is InChI=1S/C17H18N6O/c1-11-6-8-19-17-21-15(22-23(11)17)16(24)20-10-14-13-5-3-2-4-12(13)7-9-18-14/h2-6,8,14,18H,7,9-10H2,1H3,(H,20,24). The van der Waals surface area contributed by atoms with Crippen LogP contribution in [0.25, 0.3) is 5.78 Å². The monoisotopic (exact) mass is 322 g/mol. The second-order valence-electron chi connectivity index (χ2n) is 5.90. The van der Waals surface area contributed by atoms with E-state index in [2.05, 4.69) is 43.9 Å². The molecule has 1 amide bonds. The molecule has 1 unspecified atom stereocenters. The lowest BCUT2D eigenvalue weighted by Crippen LogP contribution is -2.39. The predicted octanol–water partition coefficient (Wildman–Crippen LogP) is 1.05. The van der Waals surface area contributed by atoms with Gasteiger partial charge in [-0.15, -0.1) is 5.10 Å². The van der Waals surface area contributed by atoms with E-state index in [1.807, 2.05) is 19.1 Å². The van der Waals surface area contributed by atoms with Crippen molar-refractivity contribution in [2.45, 2.75) is 19.4 Å². The molecule has 3 aromatic rings. The van der Waals surface area contributed by atoms with Gasteiger partial charge in [0.1, 0.15) is 0 Å². The molecule has 2 N–H and O–H groups in total. The minimum atomic E-state index is -0.287. The summed E-state index contributed by atoms with van der Waals surface area (Å²) in [5.41, 5.74) is 3.46. The lowest BCUT2D eigenvalue weighted by Gasteiger charge is -2.26. The van der Waals surface area contributed by atoms with Crippen LogP contribution >= 0.6 is 0 Å². The average molecular weight is 322 g/mol. The van der Waals surface area contributed by atoms with Gasteiger partial charge in [-0.25, -0.2) is 9.50 Å². The van der Waals surface area contributed by atoms with Gasteiger partial charge in [-0.05, 0) is 37.1 Å². The maximum absolute atomic E-state index is 12.4. The Morgan fingerprint density at radius 3 is 3.12 bits per heavy atom. The summed E-state index contributed by atoms with van der Waals surface area (Å²) in [7, 11) is 0. The Balaban J connectivity index is 1.50. The summed E-state index contributed by atoms with van der Waals surface area (Å²) in [5.74, 6) is 0.284. The molecule has 3 heterocycles. The molecule has 0 fully saturated rings. The van der Waals surface area contributed by atoms with Crippen LogP contribution < -0.4 is 10.6 Å². The molecule has 0 radical (unpaired) electrons. The molecule has 0 saturated carbocycles. The Kier molecular flexibility index (Phi) is 3.70. The number of amides is 1. The third-order valence-corrected chi connectivity index (χ3v) is 4.32. The van der Waals surface area contributed by atoms with E-state index in [1.165, 1.54) is 11.1 Å². The number of fused-ring (bicyclic) bond motifs is 2. The van der Waals surface area contributed by atoms with Crippen molar-refractivity contribution in [3.8, 4) is 0 Å². The Bertz CT molecular complexity index is 903. The van der Waals surface area contributed by atoms with E-state index in [-0.39, 0.29) is 17.8 Å². The zero-order chi connectivity index (χ0) is 16.5. The van der Waals surface area contributed by atoms with E-state index in [4.69, 9.17) is 0 Å². The van der Waals surface area contributed by atoms with Gasteiger partial charge in [0.15, 0.2) is 0 Å². The Morgan fingerprint density at radius 2 is 2.25 bits per heavy atom. The summed E-state index contributed by atoms with van der Waals surface area (Å²) in [6, 6.07) is 10.3. The summed E-state index contributed by atoms with van der Waals surface area (Å²) in [6.45, 7) is 3.30. The third-order valence-electron chi connectivity index (χ3n) is 4.32. The number of aryl methyl sites for hydroxylation is 1. The van der Waals surface area contributed by atoms with Crippen molar-refractivity contribution in [2.75, 3.05) is 13.1 Å². The van der Waals surface area contributed by atoms with Crippen LogP contribution in [0.5, 0.6) is 0 Å². The molecule has 1 aliphatic heterocycles. The van der Waals surface area contributed by atoms with E-state index in [0.717, 1.165) is 18.7 Å². The van der Waals surface area contributed by atoms with Gasteiger partial charge >= 0.3 is 0 Å². The van der Waals surface area contributed by atoms with Crippen LogP contribution in [0.15, 0.2) is 36.5 Å². The zero-order valence-electron chi connectivity index (χ0n) is 13.4. The van der Waals surface area contributed by atoms with E-state index >= 15 is 0 Å². The minimum Gasteiger partial charge on any atom is -0.347 e. The fourth-order valence-electron chi connectivity index (χ4n) is 3.05. The highest BCUT2D eigenvalue weighted by atomic mass is 16.2. The van der Waals surface area contributed by atoms with Gasteiger partial charge in [0, 0.05) is 24.5 Å². The molecule has 7 heteroatoms. The Hall–Kier alpha value is -2.80. The maximum Gasteiger partial charge on any atom is 0.291 e. The minimum absolute atomic E-state index is 0.107. The number of hydrogen-bond acceptors (Lipinski definition) is 5. The first kappa shape index (κ1) is 14.8. The van der Waals surface area contributed by atoms with Crippen LogP contribution in [0, 0.1) is 6.92 Å². The molecule has 122 valence electrons. The van der Waals surface area contributed by atoms with Crippen LogP contribution in [0.1, 0.15) is 33.5 Å². The van der Waals surface area contributed by atoms with Crippen molar-refractivity contribution in [1.29, 1.82) is 0 Å². The topological polar surface area (TPSA) is 84.2 Å². The molecule has 1 aliphatic rings. The highest BCUT2D eigenvalue weighted by Crippen LogP contribution is 2.21. The number of nitrogens with zero attached hydrogens (tertiary/aromatic N) is 4. The van der Waals surface area contributed by atoms with E-state index < -0.39 is 0 Å². The average Bonchev–Trinajstić information content (AvgIpc) is 3.05. The largest absolute Gasteiger partial charge is 0.347 e. The smallest absolute Gasteiger partial charge is 0.291 e. The number of carbonyl (C=O) groups excluding carboxylic acids is 1. The highest BCUT2D eigenvalue weighted by Gasteiger charge is 2.21. The quantitative estimate of drug-likeness (QED) is 0.753. The Labute approximate surface area is 139 Å². The van der Waals surface area contributed by atoms with Crippen LogP contribution in [-0.4, -0.2) is 38.6 Å². The zero-order valence-corrected chi connectivity index (χ0v) is 13.4. The van der Waals surface area contributed by atoms with Crippen LogP contribution in [0.3, 0.4) is 0 Å². The lowest BCUT2D eigenvalue weighted by molar-refractivity contribution is 0.0939. The van der Waals surface area contributed by atoms with Crippen molar-refractivity contribution in [3.63, 3.8) is 0 Å². The van der Waals surface area contributed by atoms with E-state index in [1.54, 1.807) is 10.7 Å². The first-order valence-electron chi connectivity index (χ1n) is 8.00. The number of carbonyl (C=O) groups is 1. The second-order valence-corrected chi connectivity index (χ2v) is 5.90. The molecule has 0 bridgehead atoms. The first-order valence-corrected chi connectivity index (χ1v) is 8.00. The highest BCUT2D eigenvalue weighted by molar-refractivity contribution is 5.90. The summed E-state index contributed by atoms with van der Waals surface area (Å²) < 4.78 is 1.57. The SMILES string of the molecule is Cc1ccnc2nc(C(=O)NCC3NCCc4ccccc43)nn12. The number of benzene rings is 1. The van der Waals surface area contributed by atoms with E-state index in [9.17, 15) is 4.79 Å². The van der Waals surface area contributed by atoms with E-state index in [0.29, 0.717) is 12.3 Å². The van der Waals surface area contributed by atoms with Gasteiger partial charge in [0.05, 0.1) is 0 Å². The van der Waals surface area contributed by atoms with Gasteiger partial charge in [-0.3, -0.25) is 4.79 Å². The molecule has 1 aromatic carbocycles. The molecule has 0 saturated heterocycles. The maximum atomic E-state index is 12.4. The van der Waals surface area contributed by atoms with Crippen LogP contribution in [0.2, 0.25) is 0 Å². The summed E-state index contributed by atoms with van der Waals surface area (Å²) in [4.78, 5) is 20.7. The molecule has 0 aliphatic carbocycles. The van der Waals surface area contributed by atoms with Crippen molar-refractivity contribution >= 4 is 11.7 Å². The molecule has 7 nitrogen and oxygen atoms in total. The van der Waals surface area contributed by atoms with Gasteiger partial charge < -0.3 is 10.6 Å². The molecule has 24 heavy (non-hydrogen) atoms. The number of rotatable bonds is 3. The first-order chi connectivity index (χ1) is 11.7. The number of hydrogen-bond donors (Lipinski definition) is 2. The molecule has 1 atom stereocenters. The van der Waals surface area contributed by atoms with Crippen molar-refractivity contribution in [2.24, 2.45) is 0 Å². The molecular formula is C17H18N6O. The summed E-state index contributed by atoms with van der Waals surface area (Å²) >= 11 is 0. The molecule has 2 aromatic heterocycles. The fourth-order valence-corrected chi connectivity index (χ4v) is 3.05. The van der Waals surface area contributed by atoms with Gasteiger partial charge in [0.25, 0.3) is 11.7 Å². The fraction of sp³-hybridized carbons (Fsp3) is 0.294. The van der Waals surface area contributed by atoms with Crippen molar-refractivity contribution in [1.82, 2.24) is 30.2 Å². The normalized spacial score (nSPS) is 16.8. The van der Waals surface area contributed by atoms with Gasteiger partial charge in [-0.2, -0.15) is 4.98 Å². The molecule has 0 spiro atoms. The number of nitrogens with one attached hydrogen (secondary N) is 2. The predicted molar refractivity (Wildman–Crippen MR) is 88.7 cm³/mol. The Morgan fingerprint density at radius 1 is 1.38 bits per heavy atom. The molecular weight excluding hydrogens is 304 g/mol. The summed E-state index contributed by atoms with van der Waals surface area (Å²) in [6.07, 6.45) is 2.67. The van der Waals surface area contributed by atoms with Gasteiger partial charge in [-0.1, -0.05) is 24.3 Å². The van der Waals surface area contributed by atoms with Crippen LogP contribution in [0.4, 0.5) is 0 Å². The lowest BCUT2D eigenvalue weighted by atomic mass is 9.94. The van der Waals surface area contributed by atoms with Crippen molar-refractivity contribution < 1.29 is 4.79 Å². The number of aromatic nitrogens is 4. The summed E-state index contributed by atoms with van der Waals surface area (Å²) in [5, 5.41) is 10.6. The van der Waals surface area contributed by atoms with Crippen LogP contribution in [-0.2, 0) is 6.42 Å². The molecule has 4 rings (SSSR count). The van der Waals surface area contributed by atoms with Crippen molar-refractivity contribution in [3.05, 3.63) is 59.2 Å². The van der Waals surface area contributed by atoms with Gasteiger partial charge in [0.2, 0.25) is 5.82 Å². The third kappa shape index (κ3) is 2.63. The second kappa shape index (κ2) is 6.01.